The van der Waals surface area contributed by atoms with Gasteiger partial charge in [0.15, 0.2) is 11.8 Å². The molecule has 2 saturated heterocycles. The number of carboxylic acids is 1. The molecule has 14 nitrogen and oxygen atoms in total. The number of aryl methyl sites for hydroxylation is 4. The highest BCUT2D eigenvalue weighted by Gasteiger charge is 2.40. The van der Waals surface area contributed by atoms with E-state index in [-0.39, 0.29) is 31.5 Å². The number of aromatic nitrogens is 2. The van der Waals surface area contributed by atoms with Gasteiger partial charge in [-0.15, -0.1) is 0 Å². The fraction of sp³-hybridized carbons (Fsp3) is 0.312. The van der Waals surface area contributed by atoms with E-state index in [0.717, 1.165) is 98.9 Å². The summed E-state index contributed by atoms with van der Waals surface area (Å²) < 4.78 is 39.8. The largest absolute Gasteiger partial charge is 0.493 e. The molecule has 2 aliphatic heterocycles. The maximum Gasteiger partial charge on any atom is 0.323 e. The number of rotatable bonds is 20. The number of hydrogen-bond donors (Lipinski definition) is 1. The monoisotopic (exact) mass is 1050 g/mol. The van der Waals surface area contributed by atoms with Crippen LogP contribution < -0.4 is 18.9 Å². The normalized spacial score (nSPS) is 17.1. The minimum absolute atomic E-state index is 0. The van der Waals surface area contributed by atoms with E-state index >= 15 is 0 Å². The first kappa shape index (κ1) is 56.0. The lowest BCUT2D eigenvalue weighted by atomic mass is 10.0. The Labute approximate surface area is 457 Å². The molecule has 2 aromatic heterocycles. The topological polar surface area (TPSA) is 159 Å². The number of hydrogen-bond acceptors (Lipinski definition) is 13. The summed E-state index contributed by atoms with van der Waals surface area (Å²) in [5.41, 5.74) is 6.24. The van der Waals surface area contributed by atoms with Crippen LogP contribution in [0.2, 0.25) is 0 Å². The predicted octanol–water partition coefficient (Wildman–Crippen LogP) is 13.7. The number of likely N-dealkylation sites (tertiary alicyclic amines) is 2. The summed E-state index contributed by atoms with van der Waals surface area (Å²) in [5.74, 6) is 6.71. The zero-order valence-electron chi connectivity index (χ0n) is 44.3. The fourth-order valence-electron chi connectivity index (χ4n) is 10.2. The highest BCUT2D eigenvalue weighted by Crippen LogP contribution is 2.40. The van der Waals surface area contributed by atoms with E-state index in [1.165, 1.54) is 7.11 Å². The van der Waals surface area contributed by atoms with Crippen LogP contribution in [0.5, 0.6) is 34.5 Å². The molecule has 1 N–H and O–H groups in total. The smallest absolute Gasteiger partial charge is 0.323 e. The van der Waals surface area contributed by atoms with Crippen LogP contribution in [0.25, 0.3) is 0 Å². The minimum Gasteiger partial charge on any atom is -0.493 e. The molecule has 0 spiro atoms. The van der Waals surface area contributed by atoms with Gasteiger partial charge in [-0.25, -0.2) is 9.97 Å². The first-order valence-electron chi connectivity index (χ1n) is 26.2. The van der Waals surface area contributed by atoms with Crippen LogP contribution in [0, 0.1) is 27.7 Å². The maximum atomic E-state index is 12.6. The van der Waals surface area contributed by atoms with E-state index in [1.807, 2.05) is 161 Å². The lowest BCUT2D eigenvalue weighted by Crippen LogP contribution is -2.37. The summed E-state index contributed by atoms with van der Waals surface area (Å²) in [6.07, 6.45) is 4.40. The Morgan fingerprint density at radius 1 is 0.513 bits per heavy atom. The van der Waals surface area contributed by atoms with Gasteiger partial charge < -0.3 is 37.6 Å². The standard InChI is InChI=1S/C32H34N2O5.C31H32N2O5.CH4/c1-22-29(33-23(2)38-22)19-20-37-26-15-11-25(12-16-26)30-17-18-31(32(35)36-3)34(30)21-24-9-13-28(14-10-24)39-27-7-5-4-6-8-27;1-21-28(32-22(2)37-21)18-19-36-25-14-10-24(11-15-25)29-16-17-30(31(34)35)33(29)20-23-8-12-27(13-9-23)38-26-6-4-3-5-7-26;/h4-16,30-31H,17-21H2,1-3H3;3-15,29-30H,16-20H2,1-2H3,(H,34,35);1H4/t30-,31-;29-,30-;/m11./s1. The van der Waals surface area contributed by atoms with Crippen molar-refractivity contribution in [3.05, 3.63) is 215 Å². The van der Waals surface area contributed by atoms with Crippen molar-refractivity contribution in [1.29, 1.82) is 0 Å². The van der Waals surface area contributed by atoms with Crippen molar-refractivity contribution in [2.24, 2.45) is 0 Å². The minimum atomic E-state index is -0.783. The molecule has 4 heterocycles. The number of carboxylic acid groups (broad SMARTS) is 1. The molecular weight excluding hydrogens is 985 g/mol. The molecule has 0 unspecified atom stereocenters. The van der Waals surface area contributed by atoms with E-state index in [4.69, 9.17) is 32.5 Å². The quantitative estimate of drug-likeness (QED) is 0.0718. The third kappa shape index (κ3) is 14.6. The fourth-order valence-corrected chi connectivity index (χ4v) is 10.2. The zero-order chi connectivity index (χ0) is 53.7. The summed E-state index contributed by atoms with van der Waals surface area (Å²) in [4.78, 5) is 37.8. The summed E-state index contributed by atoms with van der Waals surface area (Å²) in [5, 5.41) is 9.90. The van der Waals surface area contributed by atoms with Gasteiger partial charge >= 0.3 is 11.9 Å². The van der Waals surface area contributed by atoms with Crippen molar-refractivity contribution in [3.63, 3.8) is 0 Å². The second-order valence-electron chi connectivity index (χ2n) is 19.3. The first-order valence-corrected chi connectivity index (χ1v) is 26.2. The average Bonchev–Trinajstić information content (AvgIpc) is 4.27. The zero-order valence-corrected chi connectivity index (χ0v) is 44.3. The van der Waals surface area contributed by atoms with Crippen LogP contribution in [-0.4, -0.2) is 69.2 Å². The number of ether oxygens (including phenoxy) is 5. The van der Waals surface area contributed by atoms with Crippen molar-refractivity contribution in [3.8, 4) is 34.5 Å². The number of nitrogens with zero attached hydrogens (tertiary/aromatic N) is 4. The Kier molecular flexibility index (Phi) is 19.2. The van der Waals surface area contributed by atoms with Gasteiger partial charge in [-0.1, -0.05) is 92.4 Å². The van der Waals surface area contributed by atoms with Crippen LogP contribution >= 0.6 is 0 Å². The van der Waals surface area contributed by atoms with Crippen molar-refractivity contribution < 1.29 is 47.2 Å². The van der Waals surface area contributed by atoms with E-state index in [1.54, 1.807) is 0 Å². The van der Waals surface area contributed by atoms with Crippen LogP contribution in [0.1, 0.15) is 102 Å². The highest BCUT2D eigenvalue weighted by molar-refractivity contribution is 5.76. The molecule has 10 rings (SSSR count). The predicted molar refractivity (Wildman–Crippen MR) is 298 cm³/mol. The van der Waals surface area contributed by atoms with Gasteiger partial charge in [0.1, 0.15) is 58.1 Å². The van der Waals surface area contributed by atoms with Crippen LogP contribution in [0.4, 0.5) is 0 Å². The van der Waals surface area contributed by atoms with E-state index in [9.17, 15) is 14.7 Å². The molecular formula is C64H70N4O10. The molecule has 2 fully saturated rings. The molecule has 0 aliphatic carbocycles. The lowest BCUT2D eigenvalue weighted by molar-refractivity contribution is -0.146. The number of esters is 1. The molecule has 0 radical (unpaired) electrons. The van der Waals surface area contributed by atoms with E-state index < -0.39 is 12.0 Å². The summed E-state index contributed by atoms with van der Waals surface area (Å²) in [6.45, 7) is 9.73. The highest BCUT2D eigenvalue weighted by atomic mass is 16.5. The SMILES string of the molecule is C.COC(=O)[C@H]1CC[C@H](c2ccc(OCCc3nc(C)oc3C)cc2)N1Cc1ccc(Oc2ccccc2)cc1.Cc1nc(CCOc2ccc([C@H]3CC[C@H](C(=O)O)N3Cc3ccc(Oc4ccccc4)cc3)cc2)c(C)o1. The Morgan fingerprint density at radius 2 is 0.885 bits per heavy atom. The number of carbonyl (C=O) groups excluding carboxylic acids is 1. The van der Waals surface area contributed by atoms with Gasteiger partial charge in [0.25, 0.3) is 0 Å². The van der Waals surface area contributed by atoms with Gasteiger partial charge in [0, 0.05) is 51.9 Å². The Bertz CT molecular complexity index is 3140. The third-order valence-corrected chi connectivity index (χ3v) is 14.1. The van der Waals surface area contributed by atoms with Crippen molar-refractivity contribution >= 4 is 11.9 Å². The van der Waals surface area contributed by atoms with Gasteiger partial charge in [-0.2, -0.15) is 0 Å². The first-order chi connectivity index (χ1) is 37.5. The Balaban J connectivity index is 0.000000203. The van der Waals surface area contributed by atoms with Crippen LogP contribution in [0.3, 0.4) is 0 Å². The Morgan fingerprint density at radius 3 is 1.26 bits per heavy atom. The summed E-state index contributed by atoms with van der Waals surface area (Å²) >= 11 is 0. The van der Waals surface area contributed by atoms with E-state index in [2.05, 4.69) is 44.0 Å². The number of benzene rings is 6. The lowest BCUT2D eigenvalue weighted by Gasteiger charge is -2.29. The maximum absolute atomic E-state index is 12.6. The molecule has 0 amide bonds. The average molecular weight is 1060 g/mol. The molecule has 0 saturated carbocycles. The van der Waals surface area contributed by atoms with Gasteiger partial charge in [0.05, 0.1) is 31.7 Å². The number of aliphatic carboxylic acids is 1. The van der Waals surface area contributed by atoms with Crippen LogP contribution in [0.15, 0.2) is 167 Å². The van der Waals surface area contributed by atoms with Gasteiger partial charge in [-0.3, -0.25) is 19.4 Å². The second-order valence-corrected chi connectivity index (χ2v) is 19.3. The van der Waals surface area contributed by atoms with Gasteiger partial charge in [0.2, 0.25) is 0 Å². The Hall–Kier alpha value is -8.20. The van der Waals surface area contributed by atoms with Crippen molar-refractivity contribution in [2.75, 3.05) is 20.3 Å². The third-order valence-electron chi connectivity index (χ3n) is 14.1. The molecule has 406 valence electrons. The molecule has 6 aromatic carbocycles. The van der Waals surface area contributed by atoms with Crippen molar-refractivity contribution in [1.82, 2.24) is 19.8 Å². The van der Waals surface area contributed by atoms with Crippen molar-refractivity contribution in [2.45, 2.75) is 111 Å². The molecule has 0 bridgehead atoms. The molecule has 14 heteroatoms. The molecule has 4 atom stereocenters. The molecule has 78 heavy (non-hydrogen) atoms. The van der Waals surface area contributed by atoms with E-state index in [0.29, 0.717) is 57.3 Å². The summed E-state index contributed by atoms with van der Waals surface area (Å²) in [7, 11) is 1.46. The van der Waals surface area contributed by atoms with Crippen LogP contribution in [-0.2, 0) is 40.3 Å². The number of carbonyl (C=O) groups is 2. The number of para-hydroxylation sites is 2. The molecule has 2 aliphatic rings. The number of oxazole rings is 2. The number of methoxy groups -OCH3 is 1. The molecule has 8 aromatic rings. The second kappa shape index (κ2) is 26.7. The van der Waals surface area contributed by atoms with Gasteiger partial charge in [-0.05, 0) is 135 Å². The summed E-state index contributed by atoms with van der Waals surface area (Å²) in [6, 6.07) is 50.7.